The number of hydrogen-bond donors (Lipinski definition) is 0. The normalized spacial score (nSPS) is 20.1. The summed E-state index contributed by atoms with van der Waals surface area (Å²) in [5.74, 6) is -1.60. The lowest BCUT2D eigenvalue weighted by atomic mass is 9.80. The highest BCUT2D eigenvalue weighted by atomic mass is 35.5. The fraction of sp³-hybridized carbons (Fsp3) is 0.368. The summed E-state index contributed by atoms with van der Waals surface area (Å²) in [6.07, 6.45) is 0.794. The van der Waals surface area contributed by atoms with Gasteiger partial charge in [-0.2, -0.15) is 4.98 Å². The predicted molar refractivity (Wildman–Crippen MR) is 104 cm³/mol. The number of hydrogen-bond acceptors (Lipinski definition) is 7. The largest absolute Gasteiger partial charge is 0.460 e. The average molecular weight is 424 g/mol. The molecule has 9 heteroatoms. The molecule has 1 aliphatic heterocycles. The molecule has 2 atom stereocenters. The minimum Gasteiger partial charge on any atom is -0.460 e. The number of halogens is 2. The first-order chi connectivity index (χ1) is 13.2. The summed E-state index contributed by atoms with van der Waals surface area (Å²) in [5, 5.41) is 4.34. The molecule has 3 rings (SSSR count). The molecule has 28 heavy (non-hydrogen) atoms. The van der Waals surface area contributed by atoms with Gasteiger partial charge in [-0.05, 0) is 44.5 Å². The second-order valence-electron chi connectivity index (χ2n) is 6.71. The maximum absolute atomic E-state index is 13.4. The van der Waals surface area contributed by atoms with Crippen LogP contribution in [0.3, 0.4) is 0 Å². The molecule has 0 saturated carbocycles. The fourth-order valence-electron chi connectivity index (χ4n) is 3.33. The van der Waals surface area contributed by atoms with E-state index in [-0.39, 0.29) is 28.4 Å². The lowest BCUT2D eigenvalue weighted by Crippen LogP contribution is -2.48. The highest BCUT2D eigenvalue weighted by molar-refractivity contribution is 6.42. The maximum atomic E-state index is 13.4. The molecule has 2 aromatic rings. The molecular weight excluding hydrogens is 405 g/mol. The molecule has 0 spiro atoms. The summed E-state index contributed by atoms with van der Waals surface area (Å²) >= 11 is 12.5. The third-order valence-corrected chi connectivity index (χ3v) is 5.38. The molecule has 7 nitrogen and oxygen atoms in total. The van der Waals surface area contributed by atoms with E-state index < -0.39 is 17.9 Å². The van der Waals surface area contributed by atoms with Crippen LogP contribution in [0.5, 0.6) is 0 Å². The van der Waals surface area contributed by atoms with Gasteiger partial charge in [0, 0.05) is 5.70 Å². The van der Waals surface area contributed by atoms with E-state index in [9.17, 15) is 9.59 Å². The minimum absolute atomic E-state index is 0.172. The fourth-order valence-corrected chi connectivity index (χ4v) is 3.75. The first-order valence-electron chi connectivity index (χ1n) is 8.69. The van der Waals surface area contributed by atoms with Crippen molar-refractivity contribution < 1.29 is 18.8 Å². The van der Waals surface area contributed by atoms with Crippen LogP contribution in [-0.4, -0.2) is 34.0 Å². The van der Waals surface area contributed by atoms with E-state index in [1.165, 1.54) is 0 Å². The second kappa shape index (κ2) is 7.93. The average Bonchev–Trinajstić information content (AvgIpc) is 3.14. The van der Waals surface area contributed by atoms with Gasteiger partial charge in [-0.3, -0.25) is 4.79 Å². The van der Waals surface area contributed by atoms with Crippen molar-refractivity contribution in [1.29, 1.82) is 0 Å². The third-order valence-electron chi connectivity index (χ3n) is 4.54. The zero-order valence-corrected chi connectivity index (χ0v) is 17.3. The van der Waals surface area contributed by atoms with Crippen LogP contribution in [-0.2, 0) is 14.3 Å². The minimum atomic E-state index is -0.921. The third kappa shape index (κ3) is 3.52. The number of Topliss-reactive ketones (excluding diaryl/α,β-unsaturated/α-hetero) is 1. The van der Waals surface area contributed by atoms with Gasteiger partial charge in [-0.1, -0.05) is 35.3 Å². The number of ketones is 1. The van der Waals surface area contributed by atoms with Crippen LogP contribution in [0.1, 0.15) is 39.2 Å². The smallest absolute Gasteiger partial charge is 0.337 e. The van der Waals surface area contributed by atoms with Crippen LogP contribution < -0.4 is 4.90 Å². The summed E-state index contributed by atoms with van der Waals surface area (Å²) in [6.45, 7) is 6.89. The summed E-state index contributed by atoms with van der Waals surface area (Å²) in [4.78, 5) is 31.9. The van der Waals surface area contributed by atoms with Crippen molar-refractivity contribution in [2.24, 2.45) is 0 Å². The molecule has 0 bridgehead atoms. The molecule has 1 aromatic heterocycles. The standard InChI is InChI=1S/C19H19Cl2N3O4/c1-9(2)28-18(26)14-10(3)24(19-22-8-27-23-19)11(4)17(25)15(14)12-6-5-7-13(20)16(12)21/h5-9,11,15H,1-4H3. The topological polar surface area (TPSA) is 85.5 Å². The van der Waals surface area contributed by atoms with Gasteiger partial charge in [0.15, 0.2) is 5.78 Å². The Morgan fingerprint density at radius 1 is 1.32 bits per heavy atom. The van der Waals surface area contributed by atoms with Gasteiger partial charge in [-0.25, -0.2) is 4.79 Å². The molecule has 0 fully saturated rings. The number of benzene rings is 1. The Morgan fingerprint density at radius 3 is 2.64 bits per heavy atom. The van der Waals surface area contributed by atoms with E-state index in [0.717, 1.165) is 6.39 Å². The lowest BCUT2D eigenvalue weighted by molar-refractivity contribution is -0.144. The van der Waals surface area contributed by atoms with Gasteiger partial charge in [0.05, 0.1) is 33.7 Å². The number of ether oxygens (including phenoxy) is 1. The van der Waals surface area contributed by atoms with Crippen LogP contribution in [0.4, 0.5) is 5.95 Å². The van der Waals surface area contributed by atoms with Gasteiger partial charge in [0.25, 0.3) is 5.95 Å². The summed E-state index contributed by atoms with van der Waals surface area (Å²) < 4.78 is 10.2. The molecule has 1 aliphatic rings. The van der Waals surface area contributed by atoms with E-state index in [1.54, 1.807) is 50.8 Å². The van der Waals surface area contributed by atoms with E-state index in [1.807, 2.05) is 0 Å². The molecule has 0 saturated heterocycles. The van der Waals surface area contributed by atoms with Gasteiger partial charge in [0.1, 0.15) is 0 Å². The van der Waals surface area contributed by atoms with Crippen LogP contribution in [0.15, 0.2) is 40.4 Å². The molecular formula is C19H19Cl2N3O4. The molecule has 1 aromatic carbocycles. The number of esters is 1. The molecule has 2 heterocycles. The van der Waals surface area contributed by atoms with Crippen LogP contribution in [0.2, 0.25) is 10.0 Å². The Labute approximate surface area is 172 Å². The van der Waals surface area contributed by atoms with Gasteiger partial charge in [0.2, 0.25) is 6.39 Å². The highest BCUT2D eigenvalue weighted by Crippen LogP contribution is 2.42. The Kier molecular flexibility index (Phi) is 5.76. The van der Waals surface area contributed by atoms with Gasteiger partial charge < -0.3 is 14.2 Å². The molecule has 2 unspecified atom stereocenters. The number of carbonyl (C=O) groups excluding carboxylic acids is 2. The predicted octanol–water partition coefficient (Wildman–Crippen LogP) is 4.16. The van der Waals surface area contributed by atoms with Crippen molar-refractivity contribution >= 4 is 40.9 Å². The van der Waals surface area contributed by atoms with Gasteiger partial charge >= 0.3 is 5.97 Å². The van der Waals surface area contributed by atoms with E-state index in [0.29, 0.717) is 16.3 Å². The number of carbonyl (C=O) groups is 2. The van der Waals surface area contributed by atoms with Crippen LogP contribution in [0.25, 0.3) is 0 Å². The number of aromatic nitrogens is 2. The Hall–Kier alpha value is -2.38. The maximum Gasteiger partial charge on any atom is 0.337 e. The zero-order valence-electron chi connectivity index (χ0n) is 15.8. The number of nitrogens with zero attached hydrogens (tertiary/aromatic N) is 3. The van der Waals surface area contributed by atoms with Crippen molar-refractivity contribution in [2.75, 3.05) is 4.90 Å². The Morgan fingerprint density at radius 2 is 2.04 bits per heavy atom. The summed E-state index contributed by atoms with van der Waals surface area (Å²) in [5.41, 5.74) is 1.11. The molecule has 0 radical (unpaired) electrons. The molecule has 148 valence electrons. The number of rotatable bonds is 4. The van der Waals surface area contributed by atoms with Crippen molar-refractivity contribution in [3.8, 4) is 0 Å². The van der Waals surface area contributed by atoms with E-state index in [2.05, 4.69) is 10.1 Å². The first-order valence-corrected chi connectivity index (χ1v) is 9.44. The van der Waals surface area contributed by atoms with E-state index in [4.69, 9.17) is 32.5 Å². The molecule has 0 N–H and O–H groups in total. The Balaban J connectivity index is 2.23. The Bertz CT molecular complexity index is 941. The molecule has 0 aliphatic carbocycles. The monoisotopic (exact) mass is 423 g/mol. The number of allylic oxidation sites excluding steroid dienone is 1. The van der Waals surface area contributed by atoms with E-state index >= 15 is 0 Å². The molecule has 0 amide bonds. The summed E-state index contributed by atoms with van der Waals surface area (Å²) in [6, 6.07) is 4.34. The lowest BCUT2D eigenvalue weighted by Gasteiger charge is -2.37. The van der Waals surface area contributed by atoms with Crippen molar-refractivity contribution in [2.45, 2.75) is 45.8 Å². The number of anilines is 1. The SMILES string of the molecule is CC1=C(C(=O)OC(C)C)C(c2cccc(Cl)c2Cl)C(=O)C(C)N1c1ncon1. The van der Waals surface area contributed by atoms with Crippen LogP contribution in [0, 0.1) is 0 Å². The quantitative estimate of drug-likeness (QED) is 0.682. The van der Waals surface area contributed by atoms with Crippen molar-refractivity contribution in [1.82, 2.24) is 10.1 Å². The summed E-state index contributed by atoms with van der Waals surface area (Å²) in [7, 11) is 0. The van der Waals surface area contributed by atoms with Crippen molar-refractivity contribution in [3.05, 3.63) is 51.5 Å². The second-order valence-corrected chi connectivity index (χ2v) is 7.49. The van der Waals surface area contributed by atoms with Crippen molar-refractivity contribution in [3.63, 3.8) is 0 Å². The first kappa shape index (κ1) is 20.4. The van der Waals surface area contributed by atoms with Gasteiger partial charge in [-0.15, -0.1) is 0 Å². The zero-order chi connectivity index (χ0) is 20.6. The van der Waals surface area contributed by atoms with Crippen LogP contribution >= 0.6 is 23.2 Å². The highest BCUT2D eigenvalue weighted by Gasteiger charge is 2.44.